The van der Waals surface area contributed by atoms with Gasteiger partial charge in [0.05, 0.1) is 10.7 Å². The van der Waals surface area contributed by atoms with E-state index in [9.17, 15) is 27.9 Å². The highest BCUT2D eigenvalue weighted by Gasteiger charge is 2.55. The average Bonchev–Trinajstić information content (AvgIpc) is 2.62. The van der Waals surface area contributed by atoms with E-state index in [0.717, 1.165) is 11.1 Å². The molecule has 0 aliphatic rings. The maximum absolute atomic E-state index is 12.7. The van der Waals surface area contributed by atoms with Gasteiger partial charge < -0.3 is 15.3 Å². The van der Waals surface area contributed by atoms with Crippen LogP contribution in [-0.2, 0) is 11.2 Å². The third-order valence-electron chi connectivity index (χ3n) is 4.29. The molecule has 5 nitrogen and oxygen atoms in total. The van der Waals surface area contributed by atoms with Crippen molar-refractivity contribution in [3.05, 3.63) is 64.2 Å². The monoisotopic (exact) mass is 428 g/mol. The first-order valence-corrected chi connectivity index (χ1v) is 8.90. The van der Waals surface area contributed by atoms with Crippen LogP contribution in [0.3, 0.4) is 0 Å². The molecular formula is C20H20ClF3N2O3. The third kappa shape index (κ3) is 5.27. The van der Waals surface area contributed by atoms with Crippen molar-refractivity contribution in [3.63, 3.8) is 0 Å². The summed E-state index contributed by atoms with van der Waals surface area (Å²) in [6, 6.07) is 11.5. The highest BCUT2D eigenvalue weighted by molar-refractivity contribution is 6.33. The second kappa shape index (κ2) is 8.42. The average molecular weight is 429 g/mol. The molecule has 2 amide bonds. The molecule has 1 atom stereocenters. The first-order chi connectivity index (χ1) is 13.3. The quantitative estimate of drug-likeness (QED) is 0.759. The van der Waals surface area contributed by atoms with Crippen molar-refractivity contribution in [2.24, 2.45) is 0 Å². The number of amides is 2. The lowest BCUT2D eigenvalue weighted by molar-refractivity contribution is -0.242. The van der Waals surface area contributed by atoms with Gasteiger partial charge in [-0.1, -0.05) is 29.8 Å². The minimum absolute atomic E-state index is 0.0354. The Morgan fingerprint density at radius 1 is 1.07 bits per heavy atom. The molecule has 0 fully saturated rings. The number of nitrogens with one attached hydrogen (secondary N) is 1. The molecule has 0 radical (unpaired) electrons. The lowest BCUT2D eigenvalue weighted by atomic mass is 10.0. The fraction of sp³-hybridized carbons (Fsp3) is 0.300. The summed E-state index contributed by atoms with van der Waals surface area (Å²) in [4.78, 5) is 25.1. The van der Waals surface area contributed by atoms with Gasteiger partial charge in [-0.3, -0.25) is 9.59 Å². The van der Waals surface area contributed by atoms with Gasteiger partial charge in [-0.2, -0.15) is 13.2 Å². The maximum Gasteiger partial charge on any atom is 0.426 e. The van der Waals surface area contributed by atoms with Crippen molar-refractivity contribution in [2.75, 3.05) is 19.4 Å². The summed E-state index contributed by atoms with van der Waals surface area (Å²) in [5.41, 5.74) is -1.39. The molecular weight excluding hydrogens is 409 g/mol. The summed E-state index contributed by atoms with van der Waals surface area (Å²) in [5.74, 6) is -1.74. The Balaban J connectivity index is 2.12. The summed E-state index contributed by atoms with van der Waals surface area (Å²) in [7, 11) is 3.32. The molecule has 0 aromatic heterocycles. The van der Waals surface area contributed by atoms with Crippen molar-refractivity contribution in [3.8, 4) is 0 Å². The minimum Gasteiger partial charge on any atom is -0.373 e. The van der Waals surface area contributed by atoms with Crippen LogP contribution in [0.25, 0.3) is 0 Å². The summed E-state index contributed by atoms with van der Waals surface area (Å²) >= 11 is 6.08. The molecule has 0 spiro atoms. The van der Waals surface area contributed by atoms with E-state index in [0.29, 0.717) is 18.9 Å². The number of benzene rings is 2. The van der Waals surface area contributed by atoms with Gasteiger partial charge in [0.25, 0.3) is 11.8 Å². The van der Waals surface area contributed by atoms with Crippen LogP contribution in [0.4, 0.5) is 18.9 Å². The summed E-state index contributed by atoms with van der Waals surface area (Å²) < 4.78 is 38.2. The van der Waals surface area contributed by atoms with E-state index < -0.39 is 17.7 Å². The van der Waals surface area contributed by atoms with Crippen molar-refractivity contribution < 1.29 is 27.9 Å². The number of carbonyl (C=O) groups is 2. The molecule has 2 N–H and O–H groups in total. The van der Waals surface area contributed by atoms with Gasteiger partial charge in [0.2, 0.25) is 5.60 Å². The van der Waals surface area contributed by atoms with Crippen LogP contribution < -0.4 is 5.32 Å². The minimum atomic E-state index is -5.12. The summed E-state index contributed by atoms with van der Waals surface area (Å²) in [6.07, 6.45) is -4.66. The predicted molar refractivity (Wildman–Crippen MR) is 104 cm³/mol. The number of anilines is 1. The lowest BCUT2D eigenvalue weighted by Gasteiger charge is -2.25. The van der Waals surface area contributed by atoms with E-state index in [1.54, 1.807) is 44.4 Å². The topological polar surface area (TPSA) is 69.6 Å². The maximum atomic E-state index is 12.7. The molecule has 2 aromatic rings. The predicted octanol–water partition coefficient (Wildman–Crippen LogP) is 3.88. The molecule has 156 valence electrons. The van der Waals surface area contributed by atoms with Gasteiger partial charge in [-0.05, 0) is 48.7 Å². The molecule has 0 heterocycles. The second-order valence-electron chi connectivity index (χ2n) is 6.91. The zero-order valence-electron chi connectivity index (χ0n) is 16.0. The Bertz CT molecular complexity index is 910. The van der Waals surface area contributed by atoms with E-state index >= 15 is 0 Å². The van der Waals surface area contributed by atoms with Crippen molar-refractivity contribution in [2.45, 2.75) is 25.1 Å². The van der Waals surface area contributed by atoms with Crippen molar-refractivity contribution in [1.82, 2.24) is 4.90 Å². The standard InChI is InChI=1S/C20H20ClF3N2O3/c1-19(29,20(22,23)24)18(28)25-16-9-6-13(11-15(16)21)10-12-4-7-14(8-5-12)17(27)26(2)3/h4-9,11,29H,10H2,1-3H3,(H,25,28)/t19-/m1/s1. The van der Waals surface area contributed by atoms with Crippen LogP contribution in [-0.4, -0.2) is 47.7 Å². The van der Waals surface area contributed by atoms with E-state index in [1.807, 2.05) is 5.32 Å². The number of nitrogens with zero attached hydrogens (tertiary/aromatic N) is 1. The number of halogens is 4. The first kappa shape index (κ1) is 22.7. The van der Waals surface area contributed by atoms with Crippen LogP contribution >= 0.6 is 11.6 Å². The molecule has 0 aliphatic heterocycles. The number of rotatable bonds is 5. The van der Waals surface area contributed by atoms with E-state index in [4.69, 9.17) is 11.6 Å². The van der Waals surface area contributed by atoms with E-state index in [1.165, 1.54) is 17.0 Å². The van der Waals surface area contributed by atoms with Crippen LogP contribution in [0.15, 0.2) is 42.5 Å². The fourth-order valence-electron chi connectivity index (χ4n) is 2.40. The Morgan fingerprint density at radius 2 is 1.62 bits per heavy atom. The van der Waals surface area contributed by atoms with Crippen LogP contribution in [0.5, 0.6) is 0 Å². The number of hydrogen-bond acceptors (Lipinski definition) is 3. The number of hydrogen-bond donors (Lipinski definition) is 2. The first-order valence-electron chi connectivity index (χ1n) is 8.52. The largest absolute Gasteiger partial charge is 0.426 e. The molecule has 0 aliphatic carbocycles. The number of alkyl halides is 3. The molecule has 0 saturated heterocycles. The normalized spacial score (nSPS) is 13.5. The Labute approximate surface area is 171 Å². The number of aliphatic hydroxyl groups is 1. The van der Waals surface area contributed by atoms with E-state index in [-0.39, 0.29) is 16.6 Å². The molecule has 0 bridgehead atoms. The number of carbonyl (C=O) groups excluding carboxylic acids is 2. The van der Waals surface area contributed by atoms with Gasteiger partial charge in [-0.25, -0.2) is 0 Å². The molecule has 0 unspecified atom stereocenters. The van der Waals surface area contributed by atoms with Gasteiger partial charge in [0.15, 0.2) is 0 Å². The Morgan fingerprint density at radius 3 is 2.10 bits per heavy atom. The Hall–Kier alpha value is -2.58. The van der Waals surface area contributed by atoms with Crippen molar-refractivity contribution in [1.29, 1.82) is 0 Å². The molecule has 29 heavy (non-hydrogen) atoms. The molecule has 2 aromatic carbocycles. The van der Waals surface area contributed by atoms with Crippen LogP contribution in [0.2, 0.25) is 5.02 Å². The zero-order valence-corrected chi connectivity index (χ0v) is 16.7. The highest BCUT2D eigenvalue weighted by atomic mass is 35.5. The lowest BCUT2D eigenvalue weighted by Crippen LogP contribution is -2.52. The van der Waals surface area contributed by atoms with Gasteiger partial charge in [-0.15, -0.1) is 0 Å². The summed E-state index contributed by atoms with van der Waals surface area (Å²) in [6.45, 7) is 0.370. The van der Waals surface area contributed by atoms with E-state index in [2.05, 4.69) is 0 Å². The highest BCUT2D eigenvalue weighted by Crippen LogP contribution is 2.32. The fourth-order valence-corrected chi connectivity index (χ4v) is 2.65. The SMILES string of the molecule is CN(C)C(=O)c1ccc(Cc2ccc(NC(=O)[C@@](C)(O)C(F)(F)F)c(Cl)c2)cc1. The van der Waals surface area contributed by atoms with Gasteiger partial charge in [0.1, 0.15) is 0 Å². The zero-order chi connectivity index (χ0) is 22.0. The third-order valence-corrected chi connectivity index (χ3v) is 4.60. The molecule has 9 heteroatoms. The van der Waals surface area contributed by atoms with Gasteiger partial charge >= 0.3 is 6.18 Å². The second-order valence-corrected chi connectivity index (χ2v) is 7.32. The Kier molecular flexibility index (Phi) is 6.60. The smallest absolute Gasteiger partial charge is 0.373 e. The molecule has 2 rings (SSSR count). The summed E-state index contributed by atoms with van der Waals surface area (Å²) in [5, 5.41) is 11.4. The van der Waals surface area contributed by atoms with Crippen molar-refractivity contribution >= 4 is 29.1 Å². The molecule has 0 saturated carbocycles. The van der Waals surface area contributed by atoms with Gasteiger partial charge in [0, 0.05) is 19.7 Å². The van der Waals surface area contributed by atoms with Crippen LogP contribution in [0, 0.1) is 0 Å². The van der Waals surface area contributed by atoms with Crippen LogP contribution in [0.1, 0.15) is 28.4 Å².